The highest BCUT2D eigenvalue weighted by Gasteiger charge is 2.30. The number of fused-ring (bicyclic) bond motifs is 5. The summed E-state index contributed by atoms with van der Waals surface area (Å²) >= 11 is 3.45. The van der Waals surface area contributed by atoms with Crippen LogP contribution in [0.1, 0.15) is 87.4 Å². The summed E-state index contributed by atoms with van der Waals surface area (Å²) in [6.45, 7) is 11.3. The molecule has 70 heavy (non-hydrogen) atoms. The van der Waals surface area contributed by atoms with Crippen molar-refractivity contribution in [1.29, 1.82) is 0 Å². The van der Waals surface area contributed by atoms with Crippen molar-refractivity contribution in [2.24, 2.45) is 0 Å². The highest BCUT2D eigenvalue weighted by molar-refractivity contribution is 9.10. The lowest BCUT2D eigenvalue weighted by atomic mass is 9.98. The average Bonchev–Trinajstić information content (AvgIpc) is 4.03. The second-order valence-corrected chi connectivity index (χ2v) is 19.6. The number of ether oxygens (including phenoxy) is 4. The van der Waals surface area contributed by atoms with Crippen LogP contribution in [-0.4, -0.2) is 71.7 Å². The maximum atomic E-state index is 12.8. The van der Waals surface area contributed by atoms with Gasteiger partial charge in [-0.25, -0.2) is 14.4 Å². The Morgan fingerprint density at radius 2 is 1.23 bits per heavy atom. The zero-order valence-electron chi connectivity index (χ0n) is 40.0. The number of para-hydroxylation sites is 1. The van der Waals surface area contributed by atoms with Crippen LogP contribution in [0.4, 0.5) is 14.4 Å². The molecule has 0 aliphatic heterocycles. The number of hydroxylamine groups is 1. The molecule has 6 N–H and O–H groups in total. The number of benzene rings is 5. The van der Waals surface area contributed by atoms with Crippen LogP contribution in [0.2, 0.25) is 0 Å². The number of alkyl carbamates (subject to hydrolysis) is 2. The van der Waals surface area contributed by atoms with Crippen LogP contribution < -0.4 is 21.4 Å². The van der Waals surface area contributed by atoms with E-state index in [1.54, 1.807) is 41.5 Å². The largest absolute Gasteiger partial charge is 0.447 e. The summed E-state index contributed by atoms with van der Waals surface area (Å²) < 4.78 is 23.0. The fourth-order valence-electron chi connectivity index (χ4n) is 8.08. The van der Waals surface area contributed by atoms with Gasteiger partial charge in [-0.1, -0.05) is 119 Å². The molecule has 1 aliphatic carbocycles. The Kier molecular flexibility index (Phi) is 16.7. The van der Waals surface area contributed by atoms with Gasteiger partial charge in [-0.2, -0.15) is 5.48 Å². The molecule has 0 bridgehead atoms. The second kappa shape index (κ2) is 23.0. The molecule has 5 aromatic carbocycles. The Morgan fingerprint density at radius 1 is 0.643 bits per heavy atom. The normalized spacial score (nSPS) is 13.0. The van der Waals surface area contributed by atoms with Crippen LogP contribution in [0.3, 0.4) is 0 Å². The minimum Gasteiger partial charge on any atom is -0.447 e. The van der Waals surface area contributed by atoms with Gasteiger partial charge < -0.3 is 44.9 Å². The van der Waals surface area contributed by atoms with Crippen molar-refractivity contribution in [2.45, 2.75) is 77.4 Å². The number of aromatic amines is 2. The van der Waals surface area contributed by atoms with Gasteiger partial charge in [0.25, 0.3) is 0 Å². The molecule has 2 aromatic heterocycles. The molecule has 2 atom stereocenters. The maximum absolute atomic E-state index is 12.8. The van der Waals surface area contributed by atoms with Gasteiger partial charge in [0.1, 0.15) is 17.8 Å². The molecular weight excluding hydrogens is 957 g/mol. The molecule has 1 aliphatic rings. The minimum atomic E-state index is -0.760. The fourth-order valence-corrected chi connectivity index (χ4v) is 8.44. The van der Waals surface area contributed by atoms with Gasteiger partial charge in [0, 0.05) is 62.3 Å². The zero-order valence-corrected chi connectivity index (χ0v) is 41.6. The first-order valence-electron chi connectivity index (χ1n) is 22.9. The molecule has 15 nitrogen and oxygen atoms in total. The van der Waals surface area contributed by atoms with E-state index >= 15 is 0 Å². The van der Waals surface area contributed by atoms with Crippen molar-refractivity contribution in [3.8, 4) is 11.1 Å². The van der Waals surface area contributed by atoms with E-state index in [9.17, 15) is 19.2 Å². The summed E-state index contributed by atoms with van der Waals surface area (Å²) in [5, 5.41) is 10.5. The van der Waals surface area contributed by atoms with E-state index in [0.29, 0.717) is 6.61 Å². The van der Waals surface area contributed by atoms with Crippen molar-refractivity contribution in [3.05, 3.63) is 166 Å². The number of aromatic nitrogens is 2. The molecule has 0 radical (unpaired) electrons. The number of carbonyl (C=O) groups excluding carboxylic acids is 4. The van der Waals surface area contributed by atoms with Crippen LogP contribution in [0.25, 0.3) is 32.9 Å². The summed E-state index contributed by atoms with van der Waals surface area (Å²) in [6, 6.07) is 38.8. The van der Waals surface area contributed by atoms with Crippen molar-refractivity contribution < 1.29 is 43.0 Å². The third-order valence-corrected chi connectivity index (χ3v) is 11.5. The molecule has 8 rings (SSSR count). The average molecular weight is 1020 g/mol. The molecule has 4 amide bonds. The zero-order chi connectivity index (χ0) is 49.8. The number of H-pyrrole nitrogens is 2. The first kappa shape index (κ1) is 50.7. The molecule has 366 valence electrons. The van der Waals surface area contributed by atoms with Gasteiger partial charge in [-0.3, -0.25) is 9.63 Å². The number of hydrogen-bond acceptors (Lipinski definition) is 9. The summed E-state index contributed by atoms with van der Waals surface area (Å²) in [4.78, 5) is 61.3. The highest BCUT2D eigenvalue weighted by Crippen LogP contribution is 2.44. The van der Waals surface area contributed by atoms with Crippen LogP contribution in [0.15, 0.2) is 138 Å². The van der Waals surface area contributed by atoms with E-state index in [1.807, 2.05) is 109 Å². The SMILES string of the molecule is CC(C)(C)OC(=O)NCC(NC(=O)OC(C)(C)C)c1c[nH]c2cc(Br)ccc12.O=C(CONC(=O)OCC1c2ccccc2-c2ccccc21)NC(COCc1ccccc1)c1c[nH]c2ccccc12. The first-order valence-corrected chi connectivity index (χ1v) is 23.7. The number of rotatable bonds is 15. The Labute approximate surface area is 415 Å². The van der Waals surface area contributed by atoms with Crippen LogP contribution >= 0.6 is 15.9 Å². The topological polar surface area (TPSA) is 194 Å². The Morgan fingerprint density at radius 3 is 1.91 bits per heavy atom. The summed E-state index contributed by atoms with van der Waals surface area (Å²) in [5.74, 6) is -0.480. The standard InChI is InChI=1S/C34H31N3O5.C20H28BrN3O4/c38-33(22-42-37-34(39)41-20-30-26-14-6-4-12-24(26)25-13-5-7-15-27(25)30)36-32(21-40-19-23-10-2-1-3-11-23)29-18-35-31-17-9-8-16-28(29)31;1-19(2,3)27-17(25)23-11-16(24-18(26)28-20(4,5)6)14-10-22-15-9-12(21)7-8-13(14)15/h1-18,30,32,35H,19-22H2,(H,36,38)(H,37,39);7-10,16,22H,11H2,1-6H3,(H,23,25)(H,24,26). The summed E-state index contributed by atoms with van der Waals surface area (Å²) in [6.07, 6.45) is 1.82. The molecular formula is C54H59BrN6O9. The summed E-state index contributed by atoms with van der Waals surface area (Å²) in [5.41, 5.74) is 10.2. The van der Waals surface area contributed by atoms with Gasteiger partial charge in [-0.05, 0) is 87.6 Å². The Bertz CT molecular complexity index is 2860. The van der Waals surface area contributed by atoms with Crippen molar-refractivity contribution >= 4 is 61.9 Å². The van der Waals surface area contributed by atoms with Gasteiger partial charge in [0.15, 0.2) is 6.61 Å². The number of amides is 4. The smallest absolute Gasteiger partial charge is 0.431 e. The quantitative estimate of drug-likeness (QED) is 0.0428. The van der Waals surface area contributed by atoms with E-state index in [4.69, 9.17) is 23.8 Å². The van der Waals surface area contributed by atoms with Gasteiger partial charge in [0.05, 0.1) is 25.3 Å². The summed E-state index contributed by atoms with van der Waals surface area (Å²) in [7, 11) is 0. The minimum absolute atomic E-state index is 0.0701. The number of nitrogens with one attached hydrogen (secondary N) is 6. The molecule has 16 heteroatoms. The molecule has 0 spiro atoms. The molecule has 2 heterocycles. The number of halogens is 1. The lowest BCUT2D eigenvalue weighted by molar-refractivity contribution is -0.129. The number of hydrogen-bond donors (Lipinski definition) is 6. The van der Waals surface area contributed by atoms with E-state index in [0.717, 1.165) is 65.2 Å². The van der Waals surface area contributed by atoms with E-state index < -0.39 is 47.5 Å². The Balaban J connectivity index is 0.000000225. The van der Waals surface area contributed by atoms with Crippen molar-refractivity contribution in [1.82, 2.24) is 31.4 Å². The van der Waals surface area contributed by atoms with Crippen molar-refractivity contribution in [2.75, 3.05) is 26.4 Å². The van der Waals surface area contributed by atoms with E-state index in [-0.39, 0.29) is 32.3 Å². The van der Waals surface area contributed by atoms with Crippen molar-refractivity contribution in [3.63, 3.8) is 0 Å². The van der Waals surface area contributed by atoms with Gasteiger partial charge in [-0.15, -0.1) is 0 Å². The highest BCUT2D eigenvalue weighted by atomic mass is 79.9. The molecule has 7 aromatic rings. The van der Waals surface area contributed by atoms with Gasteiger partial charge in [0.2, 0.25) is 5.91 Å². The Hall–Kier alpha value is -7.14. The van der Waals surface area contributed by atoms with Crippen LogP contribution in [0, 0.1) is 0 Å². The van der Waals surface area contributed by atoms with Gasteiger partial charge >= 0.3 is 18.3 Å². The molecule has 0 fully saturated rings. The fraction of sp³-hybridized carbons (Fsp3) is 0.296. The monoisotopic (exact) mass is 1010 g/mol. The van der Waals surface area contributed by atoms with Crippen LogP contribution in [-0.2, 0) is 35.2 Å². The lowest BCUT2D eigenvalue weighted by Crippen LogP contribution is -2.41. The predicted molar refractivity (Wildman–Crippen MR) is 272 cm³/mol. The van der Waals surface area contributed by atoms with Crippen LogP contribution in [0.5, 0.6) is 0 Å². The number of carbonyl (C=O) groups is 4. The third-order valence-electron chi connectivity index (χ3n) is 11.0. The second-order valence-electron chi connectivity index (χ2n) is 18.6. The predicted octanol–water partition coefficient (Wildman–Crippen LogP) is 11.0. The third kappa shape index (κ3) is 14.0. The van der Waals surface area contributed by atoms with E-state index in [1.165, 1.54) is 0 Å². The molecule has 0 saturated carbocycles. The molecule has 2 unspecified atom stereocenters. The maximum Gasteiger partial charge on any atom is 0.431 e. The molecule has 0 saturated heterocycles. The van der Waals surface area contributed by atoms with E-state index in [2.05, 4.69) is 71.6 Å². The first-order chi connectivity index (χ1) is 33.5. The lowest BCUT2D eigenvalue weighted by Gasteiger charge is -2.25.